The van der Waals surface area contributed by atoms with Crippen molar-refractivity contribution in [3.8, 4) is 0 Å². The summed E-state index contributed by atoms with van der Waals surface area (Å²) < 4.78 is 22.3. The summed E-state index contributed by atoms with van der Waals surface area (Å²) in [6.45, 7) is 4.23. The molecule has 1 rings (SSSR count). The van der Waals surface area contributed by atoms with Gasteiger partial charge in [0.15, 0.2) is 9.84 Å². The van der Waals surface area contributed by atoms with E-state index >= 15 is 0 Å². The lowest BCUT2D eigenvalue weighted by Gasteiger charge is -2.16. The van der Waals surface area contributed by atoms with Crippen LogP contribution in [0.3, 0.4) is 0 Å². The Morgan fingerprint density at radius 3 is 2.17 bits per heavy atom. The maximum Gasteiger partial charge on any atom is 0.163 e. The molecule has 12 heavy (non-hydrogen) atoms. The van der Waals surface area contributed by atoms with Gasteiger partial charge in [-0.25, -0.2) is 8.42 Å². The van der Waals surface area contributed by atoms with Crippen LogP contribution in [0.4, 0.5) is 0 Å². The summed E-state index contributed by atoms with van der Waals surface area (Å²) in [6.07, 6.45) is 3.05. The summed E-state index contributed by atoms with van der Waals surface area (Å²) in [5, 5.41) is 2.84. The van der Waals surface area contributed by atoms with Gasteiger partial charge in [0.2, 0.25) is 0 Å². The highest BCUT2D eigenvalue weighted by Gasteiger charge is 2.31. The lowest BCUT2D eigenvalue weighted by Crippen LogP contribution is -2.37. The molecule has 0 aromatic heterocycles. The molecule has 0 amide bonds. The van der Waals surface area contributed by atoms with Crippen LogP contribution < -0.4 is 5.32 Å². The van der Waals surface area contributed by atoms with Crippen molar-refractivity contribution >= 4 is 9.84 Å². The fourth-order valence-corrected chi connectivity index (χ4v) is 2.59. The number of hydrogen-bond donors (Lipinski definition) is 1. The highest BCUT2D eigenvalue weighted by molar-refractivity contribution is 7.91. The van der Waals surface area contributed by atoms with Gasteiger partial charge < -0.3 is 0 Å². The third-order valence-corrected chi connectivity index (χ3v) is 3.87. The van der Waals surface area contributed by atoms with Crippen LogP contribution in [0.2, 0.25) is 0 Å². The Balaban J connectivity index is 2.58. The molecule has 72 valence electrons. The first-order valence-electron chi connectivity index (χ1n) is 4.36. The topological polar surface area (TPSA) is 46.2 Å². The molecule has 0 aromatic carbocycles. The Kier molecular flexibility index (Phi) is 2.78. The van der Waals surface area contributed by atoms with E-state index in [1.807, 2.05) is 0 Å². The highest BCUT2D eigenvalue weighted by Crippen LogP contribution is 2.21. The van der Waals surface area contributed by atoms with E-state index in [9.17, 15) is 8.42 Å². The highest BCUT2D eigenvalue weighted by atomic mass is 32.2. The maximum absolute atomic E-state index is 11.1. The van der Waals surface area contributed by atoms with Crippen LogP contribution in [0.1, 0.15) is 26.7 Å². The van der Waals surface area contributed by atoms with Crippen molar-refractivity contribution < 1.29 is 8.42 Å². The van der Waals surface area contributed by atoms with Crippen molar-refractivity contribution in [2.75, 3.05) is 6.26 Å². The normalized spacial score (nSPS) is 31.3. The van der Waals surface area contributed by atoms with Crippen LogP contribution in [0.5, 0.6) is 0 Å². The molecular weight excluding hydrogens is 174 g/mol. The minimum absolute atomic E-state index is 0.301. The van der Waals surface area contributed by atoms with E-state index in [-0.39, 0.29) is 5.37 Å². The van der Waals surface area contributed by atoms with Crippen LogP contribution in [0, 0.1) is 5.92 Å². The molecule has 0 aromatic rings. The molecule has 0 bridgehead atoms. The molecular formula is C8H17NO2S. The van der Waals surface area contributed by atoms with Crippen molar-refractivity contribution in [3.05, 3.63) is 0 Å². The maximum atomic E-state index is 11.1. The summed E-state index contributed by atoms with van der Waals surface area (Å²) in [5.41, 5.74) is 0. The van der Waals surface area contributed by atoms with Crippen LogP contribution in [-0.4, -0.2) is 26.1 Å². The summed E-state index contributed by atoms with van der Waals surface area (Å²) in [6, 6.07) is 0.379. The van der Waals surface area contributed by atoms with E-state index < -0.39 is 9.84 Å². The van der Waals surface area contributed by atoms with Crippen LogP contribution in [0.25, 0.3) is 0 Å². The molecule has 0 spiro atoms. The molecule has 0 saturated carbocycles. The van der Waals surface area contributed by atoms with E-state index in [1.165, 1.54) is 6.26 Å². The molecule has 1 N–H and O–H groups in total. The van der Waals surface area contributed by atoms with E-state index in [0.717, 1.165) is 12.8 Å². The van der Waals surface area contributed by atoms with Gasteiger partial charge in [-0.2, -0.15) is 0 Å². The fraction of sp³-hybridized carbons (Fsp3) is 1.00. The van der Waals surface area contributed by atoms with Crippen molar-refractivity contribution in [3.63, 3.8) is 0 Å². The second-order valence-corrected chi connectivity index (χ2v) is 6.14. The standard InChI is InChI=1S/C8H17NO2S/c1-6(2)7-4-5-8(9-7)12(3,10)11/h6-9H,4-5H2,1-3H3. The summed E-state index contributed by atoms with van der Waals surface area (Å²) in [4.78, 5) is 0. The summed E-state index contributed by atoms with van der Waals surface area (Å²) >= 11 is 0. The zero-order valence-electron chi connectivity index (χ0n) is 7.87. The van der Waals surface area contributed by atoms with Crippen molar-refractivity contribution in [1.29, 1.82) is 0 Å². The van der Waals surface area contributed by atoms with Gasteiger partial charge in [0, 0.05) is 12.3 Å². The smallest absolute Gasteiger partial charge is 0.163 e. The minimum Gasteiger partial charge on any atom is -0.298 e. The molecule has 2 atom stereocenters. The third kappa shape index (κ3) is 2.20. The lowest BCUT2D eigenvalue weighted by molar-refractivity contribution is 0.444. The first kappa shape index (κ1) is 9.99. The van der Waals surface area contributed by atoms with Crippen LogP contribution in [0.15, 0.2) is 0 Å². The quantitative estimate of drug-likeness (QED) is 0.701. The zero-order chi connectivity index (χ0) is 9.35. The van der Waals surface area contributed by atoms with E-state index in [1.54, 1.807) is 0 Å². The average molecular weight is 191 g/mol. The first-order valence-corrected chi connectivity index (χ1v) is 6.31. The monoisotopic (exact) mass is 191 g/mol. The predicted octanol–water partition coefficient (Wildman–Crippen LogP) is 0.765. The average Bonchev–Trinajstić information content (AvgIpc) is 2.30. The Bertz CT molecular complexity index is 246. The number of nitrogens with one attached hydrogen (secondary N) is 1. The SMILES string of the molecule is CC(C)C1CCC(S(C)(=O)=O)N1. The molecule has 1 saturated heterocycles. The Morgan fingerprint density at radius 1 is 1.33 bits per heavy atom. The number of sulfone groups is 1. The molecule has 3 nitrogen and oxygen atoms in total. The molecule has 0 radical (unpaired) electrons. The third-order valence-electron chi connectivity index (χ3n) is 2.46. The van der Waals surface area contributed by atoms with Gasteiger partial charge in [0.1, 0.15) is 5.37 Å². The molecule has 0 aliphatic carbocycles. The molecule has 4 heteroatoms. The second kappa shape index (κ2) is 3.34. The fourth-order valence-electron chi connectivity index (χ4n) is 1.60. The minimum atomic E-state index is -2.88. The van der Waals surface area contributed by atoms with Crippen LogP contribution in [-0.2, 0) is 9.84 Å². The lowest BCUT2D eigenvalue weighted by atomic mass is 10.0. The molecule has 1 fully saturated rings. The largest absolute Gasteiger partial charge is 0.298 e. The predicted molar refractivity (Wildman–Crippen MR) is 49.6 cm³/mol. The first-order chi connectivity index (χ1) is 5.41. The Hall–Kier alpha value is -0.0900. The summed E-state index contributed by atoms with van der Waals surface area (Å²) in [7, 11) is -2.88. The second-order valence-electron chi connectivity index (χ2n) is 3.91. The van der Waals surface area contributed by atoms with E-state index in [4.69, 9.17) is 0 Å². The van der Waals surface area contributed by atoms with Gasteiger partial charge in [-0.3, -0.25) is 5.32 Å². The van der Waals surface area contributed by atoms with Gasteiger partial charge in [-0.1, -0.05) is 13.8 Å². The van der Waals surface area contributed by atoms with Gasteiger partial charge in [0.05, 0.1) is 0 Å². The zero-order valence-corrected chi connectivity index (χ0v) is 8.69. The Morgan fingerprint density at radius 2 is 1.92 bits per heavy atom. The van der Waals surface area contributed by atoms with E-state index in [2.05, 4.69) is 19.2 Å². The van der Waals surface area contributed by atoms with Crippen LogP contribution >= 0.6 is 0 Å². The molecule has 1 aliphatic rings. The van der Waals surface area contributed by atoms with Crippen molar-refractivity contribution in [2.45, 2.75) is 38.1 Å². The molecule has 1 heterocycles. The van der Waals surface area contributed by atoms with Gasteiger partial charge in [0.25, 0.3) is 0 Å². The van der Waals surface area contributed by atoms with E-state index in [0.29, 0.717) is 12.0 Å². The van der Waals surface area contributed by atoms with Crippen molar-refractivity contribution in [1.82, 2.24) is 5.32 Å². The molecule has 2 unspecified atom stereocenters. The van der Waals surface area contributed by atoms with Gasteiger partial charge >= 0.3 is 0 Å². The Labute approximate surface area is 74.5 Å². The molecule has 1 aliphatic heterocycles. The van der Waals surface area contributed by atoms with Crippen molar-refractivity contribution in [2.24, 2.45) is 5.92 Å². The number of rotatable bonds is 2. The van der Waals surface area contributed by atoms with Gasteiger partial charge in [-0.15, -0.1) is 0 Å². The summed E-state index contributed by atoms with van der Waals surface area (Å²) in [5.74, 6) is 0.525. The number of hydrogen-bond acceptors (Lipinski definition) is 3. The van der Waals surface area contributed by atoms with Gasteiger partial charge in [-0.05, 0) is 18.8 Å².